The van der Waals surface area contributed by atoms with Crippen LogP contribution < -0.4 is 10.2 Å². The zero-order chi connectivity index (χ0) is 14.0. The first-order valence-electron chi connectivity index (χ1n) is 6.62. The minimum atomic E-state index is -0.108. The zero-order valence-corrected chi connectivity index (χ0v) is 11.7. The molecule has 0 aliphatic heterocycles. The van der Waals surface area contributed by atoms with Gasteiger partial charge in [-0.15, -0.1) is 0 Å². The lowest BCUT2D eigenvalue weighted by Crippen LogP contribution is -2.41. The summed E-state index contributed by atoms with van der Waals surface area (Å²) < 4.78 is 0. The van der Waals surface area contributed by atoms with Crippen molar-refractivity contribution < 1.29 is 9.59 Å². The van der Waals surface area contributed by atoms with Crippen LogP contribution in [0, 0.1) is 13.8 Å². The number of amides is 2. The predicted molar refractivity (Wildman–Crippen MR) is 75.1 cm³/mol. The Hall–Kier alpha value is -1.84. The first-order chi connectivity index (χ1) is 8.99. The van der Waals surface area contributed by atoms with E-state index in [1.54, 1.807) is 4.90 Å². The molecule has 2 amide bonds. The van der Waals surface area contributed by atoms with Crippen molar-refractivity contribution in [2.75, 3.05) is 11.4 Å². The number of benzene rings is 1. The van der Waals surface area contributed by atoms with Crippen LogP contribution in [0.1, 0.15) is 30.9 Å². The number of rotatable bonds is 4. The Balaban J connectivity index is 2.19. The van der Waals surface area contributed by atoms with E-state index in [1.807, 2.05) is 32.0 Å². The number of carbonyl (C=O) groups is 2. The molecule has 1 saturated carbocycles. The van der Waals surface area contributed by atoms with Gasteiger partial charge in [0, 0.05) is 13.0 Å². The molecule has 0 radical (unpaired) electrons. The third kappa shape index (κ3) is 3.34. The van der Waals surface area contributed by atoms with Crippen LogP contribution in [0.5, 0.6) is 0 Å². The number of anilines is 1. The summed E-state index contributed by atoms with van der Waals surface area (Å²) >= 11 is 0. The van der Waals surface area contributed by atoms with Crippen LogP contribution in [0.2, 0.25) is 0 Å². The number of nitrogens with one attached hydrogen (secondary N) is 1. The molecule has 102 valence electrons. The Morgan fingerprint density at radius 1 is 1.26 bits per heavy atom. The van der Waals surface area contributed by atoms with Crippen molar-refractivity contribution >= 4 is 17.5 Å². The van der Waals surface area contributed by atoms with Gasteiger partial charge in [0.15, 0.2) is 0 Å². The molecule has 0 saturated heterocycles. The molecule has 1 N–H and O–H groups in total. The molecule has 0 aromatic heterocycles. The first kappa shape index (κ1) is 13.6. The average molecular weight is 260 g/mol. The van der Waals surface area contributed by atoms with Crippen molar-refractivity contribution in [1.82, 2.24) is 5.32 Å². The number of hydrogen-bond donors (Lipinski definition) is 1. The molecule has 1 aromatic rings. The van der Waals surface area contributed by atoms with Crippen molar-refractivity contribution in [3.63, 3.8) is 0 Å². The summed E-state index contributed by atoms with van der Waals surface area (Å²) in [6.45, 7) is 5.50. The van der Waals surface area contributed by atoms with E-state index in [0.29, 0.717) is 6.04 Å². The highest BCUT2D eigenvalue weighted by Gasteiger charge is 2.25. The van der Waals surface area contributed by atoms with Gasteiger partial charge in [0.25, 0.3) is 0 Å². The SMILES string of the molecule is CC(=O)N(CC(=O)NC1CC1)c1c(C)cccc1C. The maximum Gasteiger partial charge on any atom is 0.240 e. The molecule has 1 aromatic carbocycles. The lowest BCUT2D eigenvalue weighted by Gasteiger charge is -2.24. The normalized spacial score (nSPS) is 14.1. The Morgan fingerprint density at radius 3 is 2.32 bits per heavy atom. The predicted octanol–water partition coefficient (Wildman–Crippen LogP) is 1.93. The lowest BCUT2D eigenvalue weighted by atomic mass is 10.1. The summed E-state index contributed by atoms with van der Waals surface area (Å²) in [5, 5.41) is 2.92. The van der Waals surface area contributed by atoms with Gasteiger partial charge >= 0.3 is 0 Å². The van der Waals surface area contributed by atoms with Crippen molar-refractivity contribution in [2.24, 2.45) is 0 Å². The average Bonchev–Trinajstić information content (AvgIpc) is 3.11. The van der Waals surface area contributed by atoms with E-state index in [-0.39, 0.29) is 18.4 Å². The molecule has 0 bridgehead atoms. The van der Waals surface area contributed by atoms with E-state index in [9.17, 15) is 9.59 Å². The van der Waals surface area contributed by atoms with Gasteiger partial charge in [0.05, 0.1) is 5.69 Å². The fourth-order valence-electron chi connectivity index (χ4n) is 2.22. The highest BCUT2D eigenvalue weighted by atomic mass is 16.2. The van der Waals surface area contributed by atoms with Crippen LogP contribution in [0.4, 0.5) is 5.69 Å². The second-order valence-corrected chi connectivity index (χ2v) is 5.19. The highest BCUT2D eigenvalue weighted by molar-refractivity contribution is 5.98. The van der Waals surface area contributed by atoms with E-state index in [2.05, 4.69) is 5.32 Å². The lowest BCUT2D eigenvalue weighted by molar-refractivity contribution is -0.123. The second-order valence-electron chi connectivity index (χ2n) is 5.19. The molecule has 1 fully saturated rings. The second kappa shape index (κ2) is 5.43. The van der Waals surface area contributed by atoms with Gasteiger partial charge in [-0.05, 0) is 37.8 Å². The maximum atomic E-state index is 11.9. The van der Waals surface area contributed by atoms with Crippen molar-refractivity contribution in [1.29, 1.82) is 0 Å². The quantitative estimate of drug-likeness (QED) is 0.899. The highest BCUT2D eigenvalue weighted by Crippen LogP contribution is 2.25. The number of para-hydroxylation sites is 1. The third-order valence-electron chi connectivity index (χ3n) is 3.33. The number of carbonyl (C=O) groups excluding carboxylic acids is 2. The minimum absolute atomic E-state index is 0.0830. The first-order valence-corrected chi connectivity index (χ1v) is 6.62. The Labute approximate surface area is 113 Å². The van der Waals surface area contributed by atoms with Gasteiger partial charge in [-0.2, -0.15) is 0 Å². The third-order valence-corrected chi connectivity index (χ3v) is 3.33. The fourth-order valence-corrected chi connectivity index (χ4v) is 2.22. The van der Waals surface area contributed by atoms with E-state index in [0.717, 1.165) is 29.7 Å². The Bertz CT molecular complexity index is 487. The van der Waals surface area contributed by atoms with Gasteiger partial charge in [0.2, 0.25) is 11.8 Å². The van der Waals surface area contributed by atoms with E-state index in [1.165, 1.54) is 6.92 Å². The van der Waals surface area contributed by atoms with Crippen LogP contribution in [0.15, 0.2) is 18.2 Å². The molecule has 0 unspecified atom stereocenters. The molecule has 4 nitrogen and oxygen atoms in total. The van der Waals surface area contributed by atoms with Crippen LogP contribution in [-0.2, 0) is 9.59 Å². The van der Waals surface area contributed by atoms with Crippen molar-refractivity contribution in [2.45, 2.75) is 39.7 Å². The van der Waals surface area contributed by atoms with Gasteiger partial charge in [-0.1, -0.05) is 18.2 Å². The molecule has 1 aliphatic rings. The number of nitrogens with zero attached hydrogens (tertiary/aromatic N) is 1. The Morgan fingerprint density at radius 2 is 1.84 bits per heavy atom. The van der Waals surface area contributed by atoms with Crippen molar-refractivity contribution in [3.05, 3.63) is 29.3 Å². The van der Waals surface area contributed by atoms with Crippen molar-refractivity contribution in [3.8, 4) is 0 Å². The summed E-state index contributed by atoms with van der Waals surface area (Å²) in [6, 6.07) is 6.18. The Kier molecular flexibility index (Phi) is 3.88. The molecular weight excluding hydrogens is 240 g/mol. The monoisotopic (exact) mass is 260 g/mol. The summed E-state index contributed by atoms with van der Waals surface area (Å²) in [6.07, 6.45) is 2.10. The largest absolute Gasteiger partial charge is 0.352 e. The topological polar surface area (TPSA) is 49.4 Å². The summed E-state index contributed by atoms with van der Waals surface area (Å²) in [4.78, 5) is 25.3. The standard InChI is InChI=1S/C15H20N2O2/c1-10-5-4-6-11(2)15(10)17(12(3)18)9-14(19)16-13-7-8-13/h4-6,13H,7-9H2,1-3H3,(H,16,19). The van der Waals surface area contributed by atoms with Gasteiger partial charge in [0.1, 0.15) is 6.54 Å². The maximum absolute atomic E-state index is 11.9. The van der Waals surface area contributed by atoms with Crippen LogP contribution in [0.3, 0.4) is 0 Å². The smallest absolute Gasteiger partial charge is 0.240 e. The van der Waals surface area contributed by atoms with E-state index >= 15 is 0 Å². The summed E-state index contributed by atoms with van der Waals surface area (Å²) in [7, 11) is 0. The molecule has 0 heterocycles. The van der Waals surface area contributed by atoms with E-state index in [4.69, 9.17) is 0 Å². The number of aryl methyl sites for hydroxylation is 2. The summed E-state index contributed by atoms with van der Waals surface area (Å²) in [5.74, 6) is -0.191. The van der Waals surface area contributed by atoms with E-state index < -0.39 is 0 Å². The zero-order valence-electron chi connectivity index (χ0n) is 11.7. The van der Waals surface area contributed by atoms with Crippen LogP contribution in [0.25, 0.3) is 0 Å². The molecule has 0 atom stereocenters. The fraction of sp³-hybridized carbons (Fsp3) is 0.467. The molecule has 0 spiro atoms. The molecule has 1 aliphatic carbocycles. The molecule has 4 heteroatoms. The molecule has 19 heavy (non-hydrogen) atoms. The summed E-state index contributed by atoms with van der Waals surface area (Å²) in [5.41, 5.74) is 2.87. The molecule has 2 rings (SSSR count). The molecular formula is C15H20N2O2. The number of hydrogen-bond acceptors (Lipinski definition) is 2. The van der Waals surface area contributed by atoms with Crippen LogP contribution in [-0.4, -0.2) is 24.4 Å². The van der Waals surface area contributed by atoms with Gasteiger partial charge in [-0.3, -0.25) is 9.59 Å². The van der Waals surface area contributed by atoms with Crippen LogP contribution >= 0.6 is 0 Å². The van der Waals surface area contributed by atoms with Gasteiger partial charge in [-0.25, -0.2) is 0 Å². The van der Waals surface area contributed by atoms with Gasteiger partial charge < -0.3 is 10.2 Å². The minimum Gasteiger partial charge on any atom is -0.352 e.